The summed E-state index contributed by atoms with van der Waals surface area (Å²) in [6.07, 6.45) is 4.15. The van der Waals surface area contributed by atoms with E-state index in [0.717, 1.165) is 46.7 Å². The van der Waals surface area contributed by atoms with Gasteiger partial charge in [0.25, 0.3) is 10.0 Å². The van der Waals surface area contributed by atoms with Gasteiger partial charge in [-0.1, -0.05) is 115 Å². The Labute approximate surface area is 270 Å². The molecule has 1 fully saturated rings. The molecule has 0 aliphatic heterocycles. The highest BCUT2D eigenvalue weighted by molar-refractivity contribution is 7.92. The van der Waals surface area contributed by atoms with Gasteiger partial charge in [-0.3, -0.25) is 13.9 Å². The summed E-state index contributed by atoms with van der Waals surface area (Å²) in [7, 11) is -4.22. The summed E-state index contributed by atoms with van der Waals surface area (Å²) in [6.45, 7) is 1.45. The number of anilines is 1. The first-order valence-electron chi connectivity index (χ1n) is 15.2. The third-order valence-electron chi connectivity index (χ3n) is 8.18. The molecule has 4 aromatic rings. The number of sulfonamides is 1. The van der Waals surface area contributed by atoms with Crippen LogP contribution >= 0.6 is 11.6 Å². The fourth-order valence-corrected chi connectivity index (χ4v) is 7.43. The van der Waals surface area contributed by atoms with Crippen LogP contribution in [0.1, 0.15) is 42.4 Å². The lowest BCUT2D eigenvalue weighted by Gasteiger charge is -2.34. The monoisotopic (exact) mass is 643 g/mol. The van der Waals surface area contributed by atoms with Crippen molar-refractivity contribution in [3.63, 3.8) is 0 Å². The van der Waals surface area contributed by atoms with Gasteiger partial charge in [-0.25, -0.2) is 8.42 Å². The average molecular weight is 644 g/mol. The molecule has 1 atom stereocenters. The number of halogens is 1. The summed E-state index contributed by atoms with van der Waals surface area (Å²) >= 11 is 6.55. The summed E-state index contributed by atoms with van der Waals surface area (Å²) in [4.78, 5) is 30.1. The molecule has 1 saturated carbocycles. The molecule has 0 aromatic heterocycles. The maximum absolute atomic E-state index is 14.5. The highest BCUT2D eigenvalue weighted by Gasteiger charge is 2.36. The van der Waals surface area contributed by atoms with Crippen LogP contribution < -0.4 is 9.62 Å². The van der Waals surface area contributed by atoms with E-state index in [2.05, 4.69) is 5.32 Å². The Balaban J connectivity index is 1.56. The number of amides is 2. The minimum absolute atomic E-state index is 0.0373. The summed E-state index contributed by atoms with van der Waals surface area (Å²) < 4.78 is 29.4. The maximum Gasteiger partial charge on any atom is 0.264 e. The predicted octanol–water partition coefficient (Wildman–Crippen LogP) is 6.54. The van der Waals surface area contributed by atoms with Gasteiger partial charge in [-0.05, 0) is 55.2 Å². The lowest BCUT2D eigenvalue weighted by molar-refractivity contribution is -0.140. The molecular weight excluding hydrogens is 606 g/mol. The van der Waals surface area contributed by atoms with Gasteiger partial charge in [0.1, 0.15) is 12.6 Å². The molecule has 1 N–H and O–H groups in total. The quantitative estimate of drug-likeness (QED) is 0.190. The molecule has 234 valence electrons. The van der Waals surface area contributed by atoms with E-state index in [9.17, 15) is 18.0 Å². The van der Waals surface area contributed by atoms with E-state index >= 15 is 0 Å². The molecule has 0 radical (unpaired) electrons. The number of nitrogens with zero attached hydrogens (tertiary/aromatic N) is 2. The summed E-state index contributed by atoms with van der Waals surface area (Å²) in [5, 5.41) is 3.38. The minimum Gasteiger partial charge on any atom is -0.352 e. The third-order valence-corrected chi connectivity index (χ3v) is 10.3. The van der Waals surface area contributed by atoms with Gasteiger partial charge >= 0.3 is 0 Å². The highest BCUT2D eigenvalue weighted by atomic mass is 35.5. The second-order valence-electron chi connectivity index (χ2n) is 11.5. The Morgan fingerprint density at radius 3 is 2.02 bits per heavy atom. The van der Waals surface area contributed by atoms with Gasteiger partial charge in [0, 0.05) is 19.0 Å². The van der Waals surface area contributed by atoms with Crippen LogP contribution in [0.3, 0.4) is 0 Å². The molecule has 2 amide bonds. The Kier molecular flexibility index (Phi) is 10.6. The zero-order valence-corrected chi connectivity index (χ0v) is 26.9. The van der Waals surface area contributed by atoms with Gasteiger partial charge < -0.3 is 10.2 Å². The number of hydrogen-bond donors (Lipinski definition) is 1. The van der Waals surface area contributed by atoms with E-state index in [-0.39, 0.29) is 40.5 Å². The van der Waals surface area contributed by atoms with Crippen molar-refractivity contribution >= 4 is 39.1 Å². The first kappa shape index (κ1) is 32.3. The van der Waals surface area contributed by atoms with Crippen LogP contribution in [0, 0.1) is 6.92 Å². The molecule has 1 aliphatic carbocycles. The van der Waals surface area contributed by atoms with Crippen molar-refractivity contribution in [2.45, 2.75) is 62.6 Å². The van der Waals surface area contributed by atoms with Gasteiger partial charge in [-0.2, -0.15) is 0 Å². The van der Waals surface area contributed by atoms with Crippen LogP contribution in [0.5, 0.6) is 0 Å². The van der Waals surface area contributed by atoms with Crippen molar-refractivity contribution < 1.29 is 18.0 Å². The van der Waals surface area contributed by atoms with E-state index in [4.69, 9.17) is 11.6 Å². The Bertz CT molecular complexity index is 1690. The third kappa shape index (κ3) is 8.12. The van der Waals surface area contributed by atoms with Crippen LogP contribution in [0.2, 0.25) is 5.02 Å². The standard InChI is InChI=1S/C36H38ClN3O4S/c1-27-20-22-31(23-21-27)45(43,44)40(33-19-11-10-18-32(33)37)26-35(41)39(25-29-14-6-3-7-15-29)34(24-28-12-4-2-5-13-28)36(42)38-30-16-8-9-17-30/h2-7,10-15,18-23,30,34H,8-9,16-17,24-26H2,1H3,(H,38,42). The SMILES string of the molecule is Cc1ccc(S(=O)(=O)N(CC(=O)N(Cc2ccccc2)C(Cc2ccccc2)C(=O)NC2CCCC2)c2ccccc2Cl)cc1. The Hall–Kier alpha value is -4.14. The van der Waals surface area contributed by atoms with Crippen LogP contribution in [0.4, 0.5) is 5.69 Å². The van der Waals surface area contributed by atoms with Crippen molar-refractivity contribution in [1.82, 2.24) is 10.2 Å². The molecule has 0 saturated heterocycles. The van der Waals surface area contributed by atoms with Crippen LogP contribution in [-0.4, -0.2) is 43.8 Å². The number of aryl methyl sites for hydroxylation is 1. The van der Waals surface area contributed by atoms with Gasteiger partial charge in [0.05, 0.1) is 15.6 Å². The number of hydrogen-bond acceptors (Lipinski definition) is 4. The Morgan fingerprint density at radius 1 is 0.822 bits per heavy atom. The average Bonchev–Trinajstić information content (AvgIpc) is 3.56. The predicted molar refractivity (Wildman–Crippen MR) is 178 cm³/mol. The maximum atomic E-state index is 14.5. The summed E-state index contributed by atoms with van der Waals surface area (Å²) in [6, 6.07) is 31.2. The lowest BCUT2D eigenvalue weighted by Crippen LogP contribution is -2.54. The number of carbonyl (C=O) groups is 2. The van der Waals surface area contributed by atoms with Crippen LogP contribution in [0.15, 0.2) is 114 Å². The molecule has 1 aliphatic rings. The van der Waals surface area contributed by atoms with Crippen molar-refractivity contribution in [2.75, 3.05) is 10.8 Å². The van der Waals surface area contributed by atoms with Gasteiger partial charge in [-0.15, -0.1) is 0 Å². The molecular formula is C36H38ClN3O4S. The Morgan fingerprint density at radius 2 is 1.40 bits per heavy atom. The molecule has 7 nitrogen and oxygen atoms in total. The molecule has 0 bridgehead atoms. The normalized spacial score (nSPS) is 14.1. The van der Waals surface area contributed by atoms with Crippen molar-refractivity contribution in [2.24, 2.45) is 0 Å². The second kappa shape index (κ2) is 14.8. The van der Waals surface area contributed by atoms with E-state index in [0.29, 0.717) is 0 Å². The van der Waals surface area contributed by atoms with E-state index in [1.807, 2.05) is 67.6 Å². The molecule has 0 spiro atoms. The molecule has 9 heteroatoms. The zero-order valence-electron chi connectivity index (χ0n) is 25.3. The van der Waals surface area contributed by atoms with Crippen LogP contribution in [-0.2, 0) is 32.6 Å². The van der Waals surface area contributed by atoms with E-state index in [1.165, 1.54) is 17.0 Å². The molecule has 0 heterocycles. The van der Waals surface area contributed by atoms with Gasteiger partial charge in [0.15, 0.2) is 0 Å². The highest BCUT2D eigenvalue weighted by Crippen LogP contribution is 2.31. The fraction of sp³-hybridized carbons (Fsp3) is 0.278. The molecule has 1 unspecified atom stereocenters. The topological polar surface area (TPSA) is 86.8 Å². The molecule has 45 heavy (non-hydrogen) atoms. The van der Waals surface area contributed by atoms with Gasteiger partial charge in [0.2, 0.25) is 11.8 Å². The lowest BCUT2D eigenvalue weighted by atomic mass is 10.0. The van der Waals surface area contributed by atoms with E-state index < -0.39 is 28.5 Å². The first-order valence-corrected chi connectivity index (χ1v) is 17.1. The second-order valence-corrected chi connectivity index (χ2v) is 13.7. The zero-order chi connectivity index (χ0) is 31.8. The first-order chi connectivity index (χ1) is 21.7. The number of para-hydroxylation sites is 1. The van der Waals surface area contributed by atoms with Crippen molar-refractivity contribution in [3.8, 4) is 0 Å². The van der Waals surface area contributed by atoms with E-state index in [1.54, 1.807) is 36.4 Å². The number of benzene rings is 4. The number of nitrogens with one attached hydrogen (secondary N) is 1. The number of carbonyl (C=O) groups excluding carboxylic acids is 2. The summed E-state index contributed by atoms with van der Waals surface area (Å²) in [5.41, 5.74) is 2.80. The summed E-state index contributed by atoms with van der Waals surface area (Å²) in [5.74, 6) is -0.766. The fourth-order valence-electron chi connectivity index (χ4n) is 5.71. The van der Waals surface area contributed by atoms with Crippen molar-refractivity contribution in [3.05, 3.63) is 131 Å². The minimum atomic E-state index is -4.22. The van der Waals surface area contributed by atoms with Crippen LogP contribution in [0.25, 0.3) is 0 Å². The largest absolute Gasteiger partial charge is 0.352 e. The molecule has 4 aromatic carbocycles. The smallest absolute Gasteiger partial charge is 0.264 e. The van der Waals surface area contributed by atoms with Crippen molar-refractivity contribution in [1.29, 1.82) is 0 Å². The molecule has 5 rings (SSSR count). The number of rotatable bonds is 12.